The zero-order chi connectivity index (χ0) is 19.6. The third-order valence-corrected chi connectivity index (χ3v) is 5.43. The average Bonchev–Trinajstić information content (AvgIpc) is 3.22. The fourth-order valence-electron chi connectivity index (χ4n) is 3.08. The number of halogens is 4. The minimum absolute atomic E-state index is 0.245. The lowest BCUT2D eigenvalue weighted by Crippen LogP contribution is -2.07. The van der Waals surface area contributed by atoms with Gasteiger partial charge in [-0.2, -0.15) is 13.2 Å². The van der Waals surface area contributed by atoms with Gasteiger partial charge in [0.25, 0.3) is 0 Å². The van der Waals surface area contributed by atoms with Gasteiger partial charge in [0.05, 0.1) is 5.52 Å². The summed E-state index contributed by atoms with van der Waals surface area (Å²) in [5.41, 5.74) is 1.12. The van der Waals surface area contributed by atoms with E-state index < -0.39 is 11.9 Å². The molecule has 5 rings (SSSR count). The van der Waals surface area contributed by atoms with Crippen molar-refractivity contribution in [2.75, 3.05) is 0 Å². The first-order valence-corrected chi connectivity index (χ1v) is 8.91. The van der Waals surface area contributed by atoms with Gasteiger partial charge in [-0.1, -0.05) is 0 Å². The Kier molecular flexibility index (Phi) is 3.45. The molecule has 10 heteroatoms. The van der Waals surface area contributed by atoms with Crippen LogP contribution in [0.25, 0.3) is 37.5 Å². The van der Waals surface area contributed by atoms with Crippen LogP contribution in [0.4, 0.5) is 17.6 Å². The number of thiophene rings is 1. The number of aryl methyl sites for hydroxylation is 1. The number of aromatic nitrogens is 5. The fraction of sp³-hybridized carbons (Fsp3) is 0.111. The molecular weight excluding hydrogens is 394 g/mol. The Morgan fingerprint density at radius 2 is 1.82 bits per heavy atom. The molecule has 0 aliphatic rings. The maximum absolute atomic E-state index is 13.1. The molecule has 0 bridgehead atoms. The van der Waals surface area contributed by atoms with Gasteiger partial charge in [-0.25, -0.2) is 23.9 Å². The van der Waals surface area contributed by atoms with Crippen molar-refractivity contribution in [1.29, 1.82) is 0 Å². The summed E-state index contributed by atoms with van der Waals surface area (Å²) in [4.78, 5) is 12.9. The van der Waals surface area contributed by atoms with E-state index in [2.05, 4.69) is 20.1 Å². The van der Waals surface area contributed by atoms with E-state index >= 15 is 0 Å². The second-order valence-corrected chi connectivity index (χ2v) is 7.24. The highest BCUT2D eigenvalue weighted by Crippen LogP contribution is 2.38. The molecule has 0 saturated heterocycles. The minimum Gasteiger partial charge on any atom is -0.234 e. The molecule has 0 atom stereocenters. The van der Waals surface area contributed by atoms with Gasteiger partial charge >= 0.3 is 6.18 Å². The zero-order valence-electron chi connectivity index (χ0n) is 14.1. The molecule has 28 heavy (non-hydrogen) atoms. The van der Waals surface area contributed by atoms with Crippen LogP contribution >= 0.6 is 11.3 Å². The number of rotatable bonds is 1. The van der Waals surface area contributed by atoms with Crippen LogP contribution in [0.1, 0.15) is 11.3 Å². The lowest BCUT2D eigenvalue weighted by molar-refractivity contribution is -0.141. The van der Waals surface area contributed by atoms with E-state index in [0.717, 1.165) is 17.4 Å². The Balaban J connectivity index is 1.78. The highest BCUT2D eigenvalue weighted by atomic mass is 32.1. The molecule has 4 aromatic heterocycles. The Hall–Kier alpha value is -3.14. The first-order valence-electron chi connectivity index (χ1n) is 8.09. The van der Waals surface area contributed by atoms with Crippen LogP contribution in [-0.2, 0) is 6.18 Å². The van der Waals surface area contributed by atoms with Crippen LogP contribution in [0.15, 0.2) is 36.7 Å². The van der Waals surface area contributed by atoms with E-state index in [1.165, 1.54) is 23.0 Å². The lowest BCUT2D eigenvalue weighted by atomic mass is 10.1. The van der Waals surface area contributed by atoms with Gasteiger partial charge in [0.1, 0.15) is 27.4 Å². The summed E-state index contributed by atoms with van der Waals surface area (Å²) in [5.74, 6) is -0.00415. The number of benzene rings is 1. The number of alkyl halides is 3. The van der Waals surface area contributed by atoms with Crippen LogP contribution in [-0.4, -0.2) is 24.6 Å². The monoisotopic (exact) mass is 403 g/mol. The van der Waals surface area contributed by atoms with Crippen LogP contribution in [0, 0.1) is 12.7 Å². The van der Waals surface area contributed by atoms with E-state index in [1.54, 1.807) is 19.1 Å². The first kappa shape index (κ1) is 17.0. The van der Waals surface area contributed by atoms with E-state index in [9.17, 15) is 17.6 Å². The van der Waals surface area contributed by atoms with Gasteiger partial charge in [0.15, 0.2) is 11.5 Å². The molecule has 0 N–H and O–H groups in total. The molecule has 140 valence electrons. The predicted octanol–water partition coefficient (Wildman–Crippen LogP) is 5.02. The highest BCUT2D eigenvalue weighted by molar-refractivity contribution is 7.26. The predicted molar refractivity (Wildman–Crippen MR) is 96.6 cm³/mol. The third-order valence-electron chi connectivity index (χ3n) is 4.36. The van der Waals surface area contributed by atoms with Crippen molar-refractivity contribution in [2.45, 2.75) is 13.1 Å². The molecule has 0 radical (unpaired) electrons. The SMILES string of the molecule is Cc1cc(C(F)(F)F)nc2sc3c(ncn4nc(-c5ccc(F)cc5)nc34)c12. The van der Waals surface area contributed by atoms with Gasteiger partial charge in [-0.15, -0.1) is 16.4 Å². The zero-order valence-corrected chi connectivity index (χ0v) is 14.9. The molecule has 0 aliphatic heterocycles. The summed E-state index contributed by atoms with van der Waals surface area (Å²) in [7, 11) is 0. The second kappa shape index (κ2) is 5.68. The molecule has 4 heterocycles. The second-order valence-electron chi connectivity index (χ2n) is 6.24. The number of fused-ring (bicyclic) bond motifs is 5. The van der Waals surface area contributed by atoms with Crippen molar-refractivity contribution in [1.82, 2.24) is 24.6 Å². The van der Waals surface area contributed by atoms with Crippen LogP contribution in [0.2, 0.25) is 0 Å². The standard InChI is InChI=1S/C18H9F4N5S/c1-8-6-11(18(20,21)22)24-17-12(8)13-14(28-17)16-25-15(26-27(16)7-23-13)9-2-4-10(19)5-3-9/h2-7H,1H3. The van der Waals surface area contributed by atoms with Crippen LogP contribution in [0.5, 0.6) is 0 Å². The molecule has 5 nitrogen and oxygen atoms in total. The van der Waals surface area contributed by atoms with Crippen molar-refractivity contribution in [3.05, 3.63) is 53.7 Å². The van der Waals surface area contributed by atoms with Crippen molar-refractivity contribution < 1.29 is 17.6 Å². The van der Waals surface area contributed by atoms with Gasteiger partial charge in [0, 0.05) is 10.9 Å². The Morgan fingerprint density at radius 3 is 2.54 bits per heavy atom. The minimum atomic E-state index is -4.53. The highest BCUT2D eigenvalue weighted by Gasteiger charge is 2.33. The van der Waals surface area contributed by atoms with Crippen LogP contribution in [0.3, 0.4) is 0 Å². The fourth-order valence-corrected chi connectivity index (χ4v) is 4.26. The molecule has 0 saturated carbocycles. The maximum atomic E-state index is 13.1. The Morgan fingerprint density at radius 1 is 1.07 bits per heavy atom. The molecule has 5 aromatic rings. The summed E-state index contributed by atoms with van der Waals surface area (Å²) in [6.45, 7) is 1.60. The summed E-state index contributed by atoms with van der Waals surface area (Å²) < 4.78 is 54.5. The molecule has 1 aromatic carbocycles. The molecule has 0 spiro atoms. The third kappa shape index (κ3) is 2.52. The van der Waals surface area contributed by atoms with E-state index in [1.807, 2.05) is 0 Å². The smallest absolute Gasteiger partial charge is 0.234 e. The van der Waals surface area contributed by atoms with Gasteiger partial charge in [0.2, 0.25) is 0 Å². The quantitative estimate of drug-likeness (QED) is 0.369. The number of hydrogen-bond acceptors (Lipinski definition) is 5. The van der Waals surface area contributed by atoms with Gasteiger partial charge in [-0.3, -0.25) is 0 Å². The normalized spacial score (nSPS) is 12.5. The van der Waals surface area contributed by atoms with E-state index in [4.69, 9.17) is 0 Å². The molecule has 0 amide bonds. The van der Waals surface area contributed by atoms with Crippen molar-refractivity contribution in [3.8, 4) is 11.4 Å². The van der Waals surface area contributed by atoms with E-state index in [-0.39, 0.29) is 10.6 Å². The number of pyridine rings is 1. The summed E-state index contributed by atoms with van der Waals surface area (Å²) >= 11 is 1.09. The first-order chi connectivity index (χ1) is 13.3. The molecule has 0 unspecified atom stereocenters. The van der Waals surface area contributed by atoms with Crippen molar-refractivity contribution in [3.63, 3.8) is 0 Å². The van der Waals surface area contributed by atoms with Gasteiger partial charge < -0.3 is 0 Å². The average molecular weight is 403 g/mol. The Bertz CT molecular complexity index is 1370. The summed E-state index contributed by atoms with van der Waals surface area (Å²) in [6, 6.07) is 6.75. The molecular formula is C18H9F4N5S. The molecule has 0 fully saturated rings. The largest absolute Gasteiger partial charge is 0.433 e. The van der Waals surface area contributed by atoms with Gasteiger partial charge in [-0.05, 0) is 42.8 Å². The lowest BCUT2D eigenvalue weighted by Gasteiger charge is -2.06. The summed E-state index contributed by atoms with van der Waals surface area (Å²) in [6.07, 6.45) is -3.07. The number of nitrogens with zero attached hydrogens (tertiary/aromatic N) is 5. The Labute approximate surface area is 158 Å². The van der Waals surface area contributed by atoms with Crippen molar-refractivity contribution >= 4 is 37.4 Å². The maximum Gasteiger partial charge on any atom is 0.433 e. The number of hydrogen-bond donors (Lipinski definition) is 0. The molecule has 0 aliphatic carbocycles. The van der Waals surface area contributed by atoms with E-state index in [0.29, 0.717) is 38.2 Å². The summed E-state index contributed by atoms with van der Waals surface area (Å²) in [5, 5.41) is 4.91. The van der Waals surface area contributed by atoms with Crippen LogP contribution < -0.4 is 0 Å². The van der Waals surface area contributed by atoms with Crippen molar-refractivity contribution in [2.24, 2.45) is 0 Å². The topological polar surface area (TPSA) is 56.0 Å².